The normalized spacial score (nSPS) is 10.8. The fraction of sp³-hybridized carbons (Fsp3) is 0.211. The highest BCUT2D eigenvalue weighted by atomic mass is 79.9. The Bertz CT molecular complexity index is 980. The number of aliphatic carboxylic acids is 1. The van der Waals surface area contributed by atoms with Crippen LogP contribution in [0.25, 0.3) is 22.2 Å². The Kier molecular flexibility index (Phi) is 5.08. The predicted octanol–water partition coefficient (Wildman–Crippen LogP) is 4.25. The molecule has 7 heteroatoms. The first-order chi connectivity index (χ1) is 12.5. The SMILES string of the molecule is COc1cc(OC)c(-c2[nH]c3ccc(Br)cc3c2CC(=O)O)cc1OC. The second kappa shape index (κ2) is 7.29. The maximum absolute atomic E-state index is 11.5. The van der Waals surface area contributed by atoms with Crippen LogP contribution in [0.15, 0.2) is 34.8 Å². The summed E-state index contributed by atoms with van der Waals surface area (Å²) in [5.41, 5.74) is 2.91. The summed E-state index contributed by atoms with van der Waals surface area (Å²) in [6.45, 7) is 0. The van der Waals surface area contributed by atoms with Gasteiger partial charge < -0.3 is 24.3 Å². The van der Waals surface area contributed by atoms with Gasteiger partial charge in [-0.15, -0.1) is 0 Å². The zero-order valence-corrected chi connectivity index (χ0v) is 16.1. The molecule has 0 aliphatic carbocycles. The van der Waals surface area contributed by atoms with Gasteiger partial charge in [-0.2, -0.15) is 0 Å². The maximum Gasteiger partial charge on any atom is 0.307 e. The molecule has 1 aromatic heterocycles. The number of hydrogen-bond donors (Lipinski definition) is 2. The van der Waals surface area contributed by atoms with Crippen LogP contribution in [-0.2, 0) is 11.2 Å². The Morgan fingerprint density at radius 1 is 1.04 bits per heavy atom. The van der Waals surface area contributed by atoms with Crippen LogP contribution in [-0.4, -0.2) is 37.4 Å². The van der Waals surface area contributed by atoms with Crippen molar-refractivity contribution >= 4 is 32.8 Å². The van der Waals surface area contributed by atoms with Crippen molar-refractivity contribution in [2.24, 2.45) is 0 Å². The summed E-state index contributed by atoms with van der Waals surface area (Å²) in [5, 5.41) is 10.2. The third kappa shape index (κ3) is 3.22. The van der Waals surface area contributed by atoms with E-state index in [4.69, 9.17) is 14.2 Å². The van der Waals surface area contributed by atoms with Crippen LogP contribution in [0.2, 0.25) is 0 Å². The molecule has 2 N–H and O–H groups in total. The molecule has 0 aliphatic rings. The second-order valence-corrected chi connectivity index (χ2v) is 6.56. The molecule has 0 aliphatic heterocycles. The number of rotatable bonds is 6. The van der Waals surface area contributed by atoms with Crippen molar-refractivity contribution in [3.63, 3.8) is 0 Å². The number of H-pyrrole nitrogens is 1. The Labute approximate surface area is 158 Å². The molecule has 0 radical (unpaired) electrons. The molecular formula is C19H18BrNO5. The van der Waals surface area contributed by atoms with Crippen molar-refractivity contribution in [3.05, 3.63) is 40.4 Å². The Morgan fingerprint density at radius 3 is 2.31 bits per heavy atom. The molecular weight excluding hydrogens is 402 g/mol. The molecule has 0 unspecified atom stereocenters. The topological polar surface area (TPSA) is 80.8 Å². The van der Waals surface area contributed by atoms with E-state index < -0.39 is 5.97 Å². The van der Waals surface area contributed by atoms with Gasteiger partial charge in [-0.3, -0.25) is 4.79 Å². The fourth-order valence-corrected chi connectivity index (χ4v) is 3.37. The van der Waals surface area contributed by atoms with E-state index in [0.29, 0.717) is 34.1 Å². The van der Waals surface area contributed by atoms with E-state index in [9.17, 15) is 9.90 Å². The molecule has 136 valence electrons. The van der Waals surface area contributed by atoms with Crippen LogP contribution < -0.4 is 14.2 Å². The van der Waals surface area contributed by atoms with Gasteiger partial charge in [0, 0.05) is 27.0 Å². The number of carboxylic acid groups (broad SMARTS) is 1. The Morgan fingerprint density at radius 2 is 1.69 bits per heavy atom. The van der Waals surface area contributed by atoms with Crippen LogP contribution in [0.1, 0.15) is 5.56 Å². The number of hydrogen-bond acceptors (Lipinski definition) is 4. The average molecular weight is 420 g/mol. The lowest BCUT2D eigenvalue weighted by atomic mass is 10.0. The van der Waals surface area contributed by atoms with Gasteiger partial charge in [0.1, 0.15) is 5.75 Å². The van der Waals surface area contributed by atoms with Gasteiger partial charge in [-0.1, -0.05) is 15.9 Å². The maximum atomic E-state index is 11.5. The molecule has 6 nitrogen and oxygen atoms in total. The summed E-state index contributed by atoms with van der Waals surface area (Å²) in [4.78, 5) is 14.8. The number of aromatic nitrogens is 1. The Balaban J connectivity index is 2.32. The second-order valence-electron chi connectivity index (χ2n) is 5.65. The number of fused-ring (bicyclic) bond motifs is 1. The molecule has 0 saturated heterocycles. The first-order valence-electron chi connectivity index (χ1n) is 7.80. The zero-order valence-electron chi connectivity index (χ0n) is 14.6. The summed E-state index contributed by atoms with van der Waals surface area (Å²) >= 11 is 3.45. The first-order valence-corrected chi connectivity index (χ1v) is 8.60. The summed E-state index contributed by atoms with van der Waals surface area (Å²) in [6.07, 6.45) is -0.122. The van der Waals surface area contributed by atoms with Crippen LogP contribution in [0.3, 0.4) is 0 Å². The number of nitrogens with one attached hydrogen (secondary N) is 1. The van der Waals surface area contributed by atoms with Crippen molar-refractivity contribution in [2.75, 3.05) is 21.3 Å². The van der Waals surface area contributed by atoms with Gasteiger partial charge in [0.25, 0.3) is 0 Å². The molecule has 0 fully saturated rings. The van der Waals surface area contributed by atoms with Crippen LogP contribution in [0, 0.1) is 0 Å². The zero-order chi connectivity index (χ0) is 18.8. The third-order valence-electron chi connectivity index (χ3n) is 4.17. The lowest BCUT2D eigenvalue weighted by molar-refractivity contribution is -0.136. The average Bonchev–Trinajstić information content (AvgIpc) is 2.97. The van der Waals surface area contributed by atoms with E-state index in [2.05, 4.69) is 20.9 Å². The lowest BCUT2D eigenvalue weighted by Gasteiger charge is -2.14. The van der Waals surface area contributed by atoms with Gasteiger partial charge in [0.15, 0.2) is 11.5 Å². The standard InChI is InChI=1S/C19H18BrNO5/c1-24-15-9-17(26-3)16(25-2)7-13(15)19-12(8-18(22)23)11-6-10(20)4-5-14(11)21-19/h4-7,9,21H,8H2,1-3H3,(H,22,23). The minimum atomic E-state index is -0.911. The molecule has 0 atom stereocenters. The van der Waals surface area contributed by atoms with Crippen molar-refractivity contribution < 1.29 is 24.1 Å². The summed E-state index contributed by atoms with van der Waals surface area (Å²) in [5.74, 6) is 0.711. The molecule has 3 aromatic rings. The number of halogens is 1. The van der Waals surface area contributed by atoms with E-state index in [1.165, 1.54) is 0 Å². The summed E-state index contributed by atoms with van der Waals surface area (Å²) in [6, 6.07) is 9.21. The van der Waals surface area contributed by atoms with Gasteiger partial charge in [-0.05, 0) is 29.8 Å². The molecule has 3 rings (SSSR count). The Hall–Kier alpha value is -2.67. The van der Waals surface area contributed by atoms with E-state index >= 15 is 0 Å². The largest absolute Gasteiger partial charge is 0.496 e. The van der Waals surface area contributed by atoms with Crippen molar-refractivity contribution in [1.82, 2.24) is 4.98 Å². The van der Waals surface area contributed by atoms with Gasteiger partial charge in [0.05, 0.1) is 33.4 Å². The van der Waals surface area contributed by atoms with Crippen molar-refractivity contribution in [1.29, 1.82) is 0 Å². The molecule has 0 spiro atoms. The molecule has 26 heavy (non-hydrogen) atoms. The minimum Gasteiger partial charge on any atom is -0.496 e. The van der Waals surface area contributed by atoms with Gasteiger partial charge in [-0.25, -0.2) is 0 Å². The van der Waals surface area contributed by atoms with Crippen LogP contribution >= 0.6 is 15.9 Å². The van der Waals surface area contributed by atoms with Crippen molar-refractivity contribution in [3.8, 4) is 28.5 Å². The van der Waals surface area contributed by atoms with Crippen molar-refractivity contribution in [2.45, 2.75) is 6.42 Å². The van der Waals surface area contributed by atoms with Crippen LogP contribution in [0.4, 0.5) is 0 Å². The van der Waals surface area contributed by atoms with Gasteiger partial charge >= 0.3 is 5.97 Å². The first kappa shape index (κ1) is 18.1. The molecule has 2 aromatic carbocycles. The molecule has 0 saturated carbocycles. The minimum absolute atomic E-state index is 0.122. The number of carbonyl (C=O) groups is 1. The smallest absolute Gasteiger partial charge is 0.307 e. The third-order valence-corrected chi connectivity index (χ3v) is 4.66. The number of ether oxygens (including phenoxy) is 3. The number of aromatic amines is 1. The fourth-order valence-electron chi connectivity index (χ4n) is 3.01. The monoisotopic (exact) mass is 419 g/mol. The van der Waals surface area contributed by atoms with E-state index in [1.807, 2.05) is 18.2 Å². The van der Waals surface area contributed by atoms with E-state index in [0.717, 1.165) is 15.4 Å². The summed E-state index contributed by atoms with van der Waals surface area (Å²) < 4.78 is 17.1. The van der Waals surface area contributed by atoms with Gasteiger partial charge in [0.2, 0.25) is 0 Å². The summed E-state index contributed by atoms with van der Waals surface area (Å²) in [7, 11) is 4.66. The predicted molar refractivity (Wildman–Crippen MR) is 102 cm³/mol. The van der Waals surface area contributed by atoms with E-state index in [1.54, 1.807) is 33.5 Å². The number of benzene rings is 2. The highest BCUT2D eigenvalue weighted by Crippen LogP contribution is 2.42. The molecule has 1 heterocycles. The molecule has 0 bridgehead atoms. The van der Waals surface area contributed by atoms with E-state index in [-0.39, 0.29) is 6.42 Å². The number of carboxylic acids is 1. The van der Waals surface area contributed by atoms with Crippen LogP contribution in [0.5, 0.6) is 17.2 Å². The highest BCUT2D eigenvalue weighted by molar-refractivity contribution is 9.10. The molecule has 0 amide bonds. The quantitative estimate of drug-likeness (QED) is 0.623. The lowest BCUT2D eigenvalue weighted by Crippen LogP contribution is -2.02. The number of methoxy groups -OCH3 is 3. The highest BCUT2D eigenvalue weighted by Gasteiger charge is 2.21.